The second kappa shape index (κ2) is 10.4. The molecular formula is C26H31F4N3O. The summed E-state index contributed by atoms with van der Waals surface area (Å²) in [6.45, 7) is 3.96. The molecule has 1 aliphatic rings. The summed E-state index contributed by atoms with van der Waals surface area (Å²) in [4.78, 5) is 4.95. The monoisotopic (exact) mass is 477 g/mol. The number of hydrogen-bond donors (Lipinski definition) is 2. The molecule has 2 aromatic carbocycles. The first kappa shape index (κ1) is 24.5. The first-order chi connectivity index (χ1) is 16.3. The minimum absolute atomic E-state index is 0.288. The SMILES string of the molecule is Cc1ccc(C2c3[nH]c4ccccc4c3C[C@@H](C)N2CC(F)(F)F)cc1OCCNCCCF. The number of para-hydroxylation sites is 1. The molecule has 8 heteroatoms. The zero-order chi connectivity index (χ0) is 24.3. The molecule has 0 saturated carbocycles. The number of aryl methyl sites for hydroxylation is 1. The molecule has 1 unspecified atom stereocenters. The maximum Gasteiger partial charge on any atom is 0.401 e. The molecule has 3 aromatic rings. The number of fused-ring (bicyclic) bond motifs is 3. The summed E-state index contributed by atoms with van der Waals surface area (Å²) in [6.07, 6.45) is -3.31. The summed E-state index contributed by atoms with van der Waals surface area (Å²) in [5, 5.41) is 4.18. The van der Waals surface area contributed by atoms with Gasteiger partial charge in [0.25, 0.3) is 0 Å². The number of rotatable bonds is 9. The predicted molar refractivity (Wildman–Crippen MR) is 126 cm³/mol. The van der Waals surface area contributed by atoms with E-state index in [0.717, 1.165) is 33.3 Å². The van der Waals surface area contributed by atoms with Gasteiger partial charge in [0.1, 0.15) is 12.4 Å². The van der Waals surface area contributed by atoms with E-state index in [-0.39, 0.29) is 12.7 Å². The minimum atomic E-state index is -4.31. The lowest BCUT2D eigenvalue weighted by Gasteiger charge is -2.41. The summed E-state index contributed by atoms with van der Waals surface area (Å²) in [6, 6.07) is 12.7. The van der Waals surface area contributed by atoms with Gasteiger partial charge >= 0.3 is 6.18 Å². The zero-order valence-electron chi connectivity index (χ0n) is 19.5. The number of aromatic nitrogens is 1. The van der Waals surface area contributed by atoms with Crippen molar-refractivity contribution < 1.29 is 22.3 Å². The molecule has 0 fully saturated rings. The molecule has 0 bridgehead atoms. The number of H-pyrrole nitrogens is 1. The third-order valence-electron chi connectivity index (χ3n) is 6.43. The molecule has 1 aliphatic heterocycles. The number of hydrogen-bond acceptors (Lipinski definition) is 3. The molecule has 2 atom stereocenters. The van der Waals surface area contributed by atoms with Crippen LogP contribution in [-0.4, -0.2) is 55.0 Å². The van der Waals surface area contributed by atoms with E-state index in [0.29, 0.717) is 38.3 Å². The Bertz CT molecular complexity index is 1110. The average molecular weight is 478 g/mol. The Labute approximate surface area is 197 Å². The quantitative estimate of drug-likeness (QED) is 0.307. The Balaban J connectivity index is 1.68. The van der Waals surface area contributed by atoms with Crippen molar-refractivity contribution in [2.45, 2.75) is 44.9 Å². The normalized spacial score (nSPS) is 18.9. The van der Waals surface area contributed by atoms with Crippen LogP contribution in [0.3, 0.4) is 0 Å². The van der Waals surface area contributed by atoms with E-state index < -0.39 is 18.8 Å². The summed E-state index contributed by atoms with van der Waals surface area (Å²) in [5.41, 5.74) is 4.49. The number of aromatic amines is 1. The van der Waals surface area contributed by atoms with Crippen molar-refractivity contribution in [3.8, 4) is 5.75 Å². The number of benzene rings is 2. The van der Waals surface area contributed by atoms with Crippen LogP contribution in [0.5, 0.6) is 5.75 Å². The molecule has 0 aliphatic carbocycles. The maximum absolute atomic E-state index is 13.6. The Morgan fingerprint density at radius 3 is 2.71 bits per heavy atom. The lowest BCUT2D eigenvalue weighted by molar-refractivity contribution is -0.155. The first-order valence-corrected chi connectivity index (χ1v) is 11.7. The molecule has 2 N–H and O–H groups in total. The Morgan fingerprint density at radius 1 is 1.15 bits per heavy atom. The van der Waals surface area contributed by atoms with Crippen LogP contribution in [0.1, 0.15) is 41.8 Å². The Morgan fingerprint density at radius 2 is 1.94 bits per heavy atom. The fourth-order valence-corrected chi connectivity index (χ4v) is 4.81. The Kier molecular flexibility index (Phi) is 7.48. The van der Waals surface area contributed by atoms with E-state index in [4.69, 9.17) is 4.74 Å². The standard InChI is InChI=1S/C26H31F4N3O/c1-17-8-9-19(15-23(17)34-13-12-31-11-5-10-27)25-24-21(20-6-3-4-7-22(20)32-24)14-18(2)33(25)16-26(28,29)30/h3-4,6-9,15,18,25,31-32H,5,10-14,16H2,1-2H3/t18-,25?/m1/s1. The molecule has 0 spiro atoms. The fourth-order valence-electron chi connectivity index (χ4n) is 4.81. The molecular weight excluding hydrogens is 446 g/mol. The molecule has 184 valence electrons. The van der Waals surface area contributed by atoms with Gasteiger partial charge in [0.05, 0.1) is 19.3 Å². The number of alkyl halides is 4. The van der Waals surface area contributed by atoms with E-state index in [1.807, 2.05) is 56.3 Å². The molecule has 34 heavy (non-hydrogen) atoms. The molecule has 2 heterocycles. The van der Waals surface area contributed by atoms with Crippen molar-refractivity contribution in [1.82, 2.24) is 15.2 Å². The summed E-state index contributed by atoms with van der Waals surface area (Å²) < 4.78 is 59.0. The summed E-state index contributed by atoms with van der Waals surface area (Å²) >= 11 is 0. The molecule has 4 nitrogen and oxygen atoms in total. The van der Waals surface area contributed by atoms with Gasteiger partial charge in [-0.1, -0.05) is 30.3 Å². The zero-order valence-corrected chi connectivity index (χ0v) is 19.5. The summed E-state index contributed by atoms with van der Waals surface area (Å²) in [5.74, 6) is 0.646. The van der Waals surface area contributed by atoms with Crippen LogP contribution in [0.4, 0.5) is 17.6 Å². The van der Waals surface area contributed by atoms with Crippen molar-refractivity contribution in [2.24, 2.45) is 0 Å². The fraction of sp³-hybridized carbons (Fsp3) is 0.462. The molecule has 0 radical (unpaired) electrons. The molecule has 1 aromatic heterocycles. The van der Waals surface area contributed by atoms with E-state index in [1.165, 1.54) is 4.90 Å². The number of halogens is 4. The lowest BCUT2D eigenvalue weighted by atomic mass is 9.88. The highest BCUT2D eigenvalue weighted by Crippen LogP contribution is 2.42. The van der Waals surface area contributed by atoms with Gasteiger partial charge in [0.2, 0.25) is 0 Å². The first-order valence-electron chi connectivity index (χ1n) is 11.7. The van der Waals surface area contributed by atoms with Crippen LogP contribution in [-0.2, 0) is 6.42 Å². The highest BCUT2D eigenvalue weighted by Gasteiger charge is 2.42. The minimum Gasteiger partial charge on any atom is -0.492 e. The van der Waals surface area contributed by atoms with E-state index in [1.54, 1.807) is 0 Å². The van der Waals surface area contributed by atoms with E-state index in [9.17, 15) is 17.6 Å². The van der Waals surface area contributed by atoms with Crippen molar-refractivity contribution in [2.75, 3.05) is 32.9 Å². The smallest absolute Gasteiger partial charge is 0.401 e. The van der Waals surface area contributed by atoms with E-state index in [2.05, 4.69) is 10.3 Å². The maximum atomic E-state index is 13.6. The van der Waals surface area contributed by atoms with Crippen LogP contribution >= 0.6 is 0 Å². The Hall–Kier alpha value is -2.58. The van der Waals surface area contributed by atoms with Crippen molar-refractivity contribution in [3.05, 3.63) is 64.8 Å². The average Bonchev–Trinajstić information content (AvgIpc) is 3.15. The summed E-state index contributed by atoms with van der Waals surface area (Å²) in [7, 11) is 0. The molecule has 0 saturated heterocycles. The van der Waals surface area contributed by atoms with E-state index >= 15 is 0 Å². The number of ether oxygens (including phenoxy) is 1. The molecule has 4 rings (SSSR count). The van der Waals surface area contributed by atoms with Crippen LogP contribution < -0.4 is 10.1 Å². The second-order valence-corrected chi connectivity index (χ2v) is 8.97. The second-order valence-electron chi connectivity index (χ2n) is 8.97. The van der Waals surface area contributed by atoms with Crippen molar-refractivity contribution in [1.29, 1.82) is 0 Å². The van der Waals surface area contributed by atoms with Crippen LogP contribution in [0.15, 0.2) is 42.5 Å². The third-order valence-corrected chi connectivity index (χ3v) is 6.43. The van der Waals surface area contributed by atoms with Gasteiger partial charge in [0, 0.05) is 29.2 Å². The third kappa shape index (κ3) is 5.39. The van der Waals surface area contributed by atoms with Crippen LogP contribution in [0, 0.1) is 6.92 Å². The highest BCUT2D eigenvalue weighted by atomic mass is 19.4. The van der Waals surface area contributed by atoms with Crippen molar-refractivity contribution in [3.63, 3.8) is 0 Å². The van der Waals surface area contributed by atoms with Gasteiger partial charge in [-0.15, -0.1) is 0 Å². The topological polar surface area (TPSA) is 40.3 Å². The van der Waals surface area contributed by atoms with Gasteiger partial charge in [0.15, 0.2) is 0 Å². The number of nitrogens with one attached hydrogen (secondary N) is 2. The predicted octanol–water partition coefficient (Wildman–Crippen LogP) is 5.70. The van der Waals surface area contributed by atoms with Crippen LogP contribution in [0.25, 0.3) is 10.9 Å². The highest BCUT2D eigenvalue weighted by molar-refractivity contribution is 5.85. The largest absolute Gasteiger partial charge is 0.492 e. The van der Waals surface area contributed by atoms with Gasteiger partial charge in [-0.2, -0.15) is 13.2 Å². The number of nitrogens with zero attached hydrogens (tertiary/aromatic N) is 1. The lowest BCUT2D eigenvalue weighted by Crippen LogP contribution is -2.47. The van der Waals surface area contributed by atoms with Gasteiger partial charge in [-0.25, -0.2) is 0 Å². The van der Waals surface area contributed by atoms with Gasteiger partial charge in [-0.05, 0) is 62.1 Å². The van der Waals surface area contributed by atoms with Crippen molar-refractivity contribution >= 4 is 10.9 Å². The molecule has 0 amide bonds. The van der Waals surface area contributed by atoms with Crippen LogP contribution in [0.2, 0.25) is 0 Å². The van der Waals surface area contributed by atoms with Gasteiger partial charge < -0.3 is 15.0 Å². The van der Waals surface area contributed by atoms with Gasteiger partial charge in [-0.3, -0.25) is 9.29 Å².